The first-order chi connectivity index (χ1) is 7.33. The number of carbonyl (C=O) groups excluding carboxylic acids is 1. The molecule has 0 spiro atoms. The average Bonchev–Trinajstić information content (AvgIpc) is 2.95. The van der Waals surface area contributed by atoms with E-state index in [1.54, 1.807) is 18.6 Å². The highest BCUT2D eigenvalue weighted by molar-refractivity contribution is 5.95. The van der Waals surface area contributed by atoms with E-state index in [1.807, 2.05) is 0 Å². The molecule has 2 aliphatic rings. The fraction of sp³-hybridized carbons (Fsp3) is 0.615. The molecule has 0 amide bonds. The Labute approximate surface area is 89.7 Å². The summed E-state index contributed by atoms with van der Waals surface area (Å²) in [7, 11) is 0. The van der Waals surface area contributed by atoms with E-state index in [2.05, 4.69) is 0 Å². The van der Waals surface area contributed by atoms with Gasteiger partial charge in [0, 0.05) is 6.42 Å². The molecule has 0 aromatic carbocycles. The molecule has 2 aliphatic carbocycles. The summed E-state index contributed by atoms with van der Waals surface area (Å²) in [5.41, 5.74) is 0.748. The van der Waals surface area contributed by atoms with Crippen molar-refractivity contribution in [3.63, 3.8) is 0 Å². The standard InChI is InChI=1S/C13H16O2/c14-13(11-3-4-15-8-11)7-12-6-9-1-2-10(12)5-9/h3-4,8-10,12H,1-2,5-7H2. The van der Waals surface area contributed by atoms with Crippen LogP contribution in [0, 0.1) is 17.8 Å². The predicted molar refractivity (Wildman–Crippen MR) is 56.6 cm³/mol. The van der Waals surface area contributed by atoms with Crippen molar-refractivity contribution >= 4 is 5.78 Å². The van der Waals surface area contributed by atoms with Gasteiger partial charge in [0.2, 0.25) is 0 Å². The lowest BCUT2D eigenvalue weighted by molar-refractivity contribution is 0.0943. The second kappa shape index (κ2) is 3.51. The van der Waals surface area contributed by atoms with Crippen LogP contribution >= 0.6 is 0 Å². The van der Waals surface area contributed by atoms with Gasteiger partial charge in [-0.2, -0.15) is 0 Å². The predicted octanol–water partition coefficient (Wildman–Crippen LogP) is 3.29. The Balaban J connectivity index is 1.64. The first-order valence-corrected chi connectivity index (χ1v) is 5.88. The van der Waals surface area contributed by atoms with E-state index in [-0.39, 0.29) is 5.78 Å². The minimum Gasteiger partial charge on any atom is -0.472 e. The first-order valence-electron chi connectivity index (χ1n) is 5.88. The van der Waals surface area contributed by atoms with Crippen LogP contribution in [0.25, 0.3) is 0 Å². The van der Waals surface area contributed by atoms with Crippen LogP contribution in [0.3, 0.4) is 0 Å². The zero-order chi connectivity index (χ0) is 10.3. The van der Waals surface area contributed by atoms with E-state index in [1.165, 1.54) is 25.7 Å². The highest BCUT2D eigenvalue weighted by Crippen LogP contribution is 2.49. The van der Waals surface area contributed by atoms with Gasteiger partial charge in [-0.3, -0.25) is 4.79 Å². The van der Waals surface area contributed by atoms with Crippen LogP contribution < -0.4 is 0 Å². The Morgan fingerprint density at radius 3 is 2.93 bits per heavy atom. The Hall–Kier alpha value is -1.05. The Kier molecular flexibility index (Phi) is 2.15. The minimum atomic E-state index is 0.265. The summed E-state index contributed by atoms with van der Waals surface area (Å²) in [6, 6.07) is 1.77. The number of rotatable bonds is 3. The molecule has 2 fully saturated rings. The van der Waals surface area contributed by atoms with Crippen molar-refractivity contribution in [3.8, 4) is 0 Å². The normalized spacial score (nSPS) is 33.5. The van der Waals surface area contributed by atoms with E-state index < -0.39 is 0 Å². The average molecular weight is 204 g/mol. The molecule has 1 aromatic heterocycles. The van der Waals surface area contributed by atoms with Crippen molar-refractivity contribution in [2.45, 2.75) is 32.1 Å². The third-order valence-corrected chi connectivity index (χ3v) is 4.18. The van der Waals surface area contributed by atoms with Gasteiger partial charge in [-0.15, -0.1) is 0 Å². The largest absolute Gasteiger partial charge is 0.472 e. The highest BCUT2D eigenvalue weighted by Gasteiger charge is 2.40. The maximum Gasteiger partial charge on any atom is 0.166 e. The van der Waals surface area contributed by atoms with Crippen molar-refractivity contribution in [1.82, 2.24) is 0 Å². The molecule has 1 heterocycles. The molecule has 80 valence electrons. The van der Waals surface area contributed by atoms with Crippen LogP contribution in [-0.2, 0) is 0 Å². The summed E-state index contributed by atoms with van der Waals surface area (Å²) in [5.74, 6) is 2.69. The minimum absolute atomic E-state index is 0.265. The molecular weight excluding hydrogens is 188 g/mol. The van der Waals surface area contributed by atoms with Gasteiger partial charge in [-0.05, 0) is 43.1 Å². The Bertz CT molecular complexity index is 353. The van der Waals surface area contributed by atoms with Gasteiger partial charge >= 0.3 is 0 Å². The molecule has 2 saturated carbocycles. The summed E-state index contributed by atoms with van der Waals surface area (Å²) in [4.78, 5) is 11.9. The van der Waals surface area contributed by atoms with E-state index in [0.717, 1.165) is 23.8 Å². The maximum atomic E-state index is 11.9. The van der Waals surface area contributed by atoms with Crippen LogP contribution in [-0.4, -0.2) is 5.78 Å². The smallest absolute Gasteiger partial charge is 0.166 e. The Morgan fingerprint density at radius 2 is 2.33 bits per heavy atom. The number of furan rings is 1. The lowest BCUT2D eigenvalue weighted by Gasteiger charge is -2.20. The first kappa shape index (κ1) is 9.20. The number of hydrogen-bond acceptors (Lipinski definition) is 2. The van der Waals surface area contributed by atoms with E-state index in [4.69, 9.17) is 4.42 Å². The van der Waals surface area contributed by atoms with E-state index >= 15 is 0 Å². The van der Waals surface area contributed by atoms with Crippen molar-refractivity contribution < 1.29 is 9.21 Å². The van der Waals surface area contributed by atoms with Crippen LogP contribution in [0.15, 0.2) is 23.0 Å². The van der Waals surface area contributed by atoms with Crippen molar-refractivity contribution in [1.29, 1.82) is 0 Å². The molecule has 2 bridgehead atoms. The number of Topliss-reactive ketones (excluding diaryl/α,β-unsaturated/α-hetero) is 1. The zero-order valence-electron chi connectivity index (χ0n) is 8.82. The van der Waals surface area contributed by atoms with Crippen LogP contribution in [0.1, 0.15) is 42.5 Å². The second-order valence-corrected chi connectivity index (χ2v) is 5.07. The van der Waals surface area contributed by atoms with E-state index in [0.29, 0.717) is 5.92 Å². The molecule has 3 atom stereocenters. The van der Waals surface area contributed by atoms with Gasteiger partial charge in [0.25, 0.3) is 0 Å². The van der Waals surface area contributed by atoms with Crippen LogP contribution in [0.4, 0.5) is 0 Å². The second-order valence-electron chi connectivity index (χ2n) is 5.07. The van der Waals surface area contributed by atoms with Gasteiger partial charge in [0.15, 0.2) is 5.78 Å². The third-order valence-electron chi connectivity index (χ3n) is 4.18. The topological polar surface area (TPSA) is 30.2 Å². The number of fused-ring (bicyclic) bond motifs is 2. The molecular formula is C13H16O2. The zero-order valence-corrected chi connectivity index (χ0v) is 8.82. The lowest BCUT2D eigenvalue weighted by atomic mass is 9.84. The molecule has 1 aromatic rings. The molecule has 0 N–H and O–H groups in total. The van der Waals surface area contributed by atoms with Gasteiger partial charge < -0.3 is 4.42 Å². The summed E-state index contributed by atoms with van der Waals surface area (Å²) >= 11 is 0. The van der Waals surface area contributed by atoms with Crippen molar-refractivity contribution in [2.75, 3.05) is 0 Å². The molecule has 2 heteroatoms. The molecule has 3 unspecified atom stereocenters. The maximum absolute atomic E-state index is 11.9. The quantitative estimate of drug-likeness (QED) is 0.707. The van der Waals surface area contributed by atoms with Crippen LogP contribution in [0.5, 0.6) is 0 Å². The fourth-order valence-corrected chi connectivity index (χ4v) is 3.41. The Morgan fingerprint density at radius 1 is 1.40 bits per heavy atom. The van der Waals surface area contributed by atoms with Crippen molar-refractivity contribution in [2.24, 2.45) is 17.8 Å². The SMILES string of the molecule is O=C(CC1CC2CCC1C2)c1ccoc1. The molecule has 2 nitrogen and oxygen atoms in total. The number of carbonyl (C=O) groups is 1. The molecule has 0 saturated heterocycles. The summed E-state index contributed by atoms with van der Waals surface area (Å²) < 4.78 is 4.94. The lowest BCUT2D eigenvalue weighted by Crippen LogP contribution is -2.14. The van der Waals surface area contributed by atoms with Gasteiger partial charge in [-0.25, -0.2) is 0 Å². The van der Waals surface area contributed by atoms with Crippen LogP contribution in [0.2, 0.25) is 0 Å². The highest BCUT2D eigenvalue weighted by atomic mass is 16.3. The monoisotopic (exact) mass is 204 g/mol. The van der Waals surface area contributed by atoms with Gasteiger partial charge in [0.1, 0.15) is 6.26 Å². The summed E-state index contributed by atoms with van der Waals surface area (Å²) in [6.45, 7) is 0. The fourth-order valence-electron chi connectivity index (χ4n) is 3.41. The van der Waals surface area contributed by atoms with Gasteiger partial charge in [0.05, 0.1) is 11.8 Å². The van der Waals surface area contributed by atoms with Gasteiger partial charge in [-0.1, -0.05) is 6.42 Å². The van der Waals surface area contributed by atoms with E-state index in [9.17, 15) is 4.79 Å². The molecule has 3 rings (SSSR count). The van der Waals surface area contributed by atoms with Crippen molar-refractivity contribution in [3.05, 3.63) is 24.2 Å². The summed E-state index contributed by atoms with van der Waals surface area (Å²) in [6.07, 6.45) is 9.30. The number of hydrogen-bond donors (Lipinski definition) is 0. The third kappa shape index (κ3) is 1.62. The molecule has 0 radical (unpaired) electrons. The summed E-state index contributed by atoms with van der Waals surface area (Å²) in [5, 5.41) is 0. The molecule has 0 aliphatic heterocycles. The molecule has 15 heavy (non-hydrogen) atoms. The number of ketones is 1.